The van der Waals surface area contributed by atoms with E-state index in [0.29, 0.717) is 11.3 Å². The normalized spacial score (nSPS) is 12.8. The van der Waals surface area contributed by atoms with Gasteiger partial charge in [-0.2, -0.15) is 0 Å². The van der Waals surface area contributed by atoms with Gasteiger partial charge in [-0.25, -0.2) is 4.39 Å². The van der Waals surface area contributed by atoms with Crippen LogP contribution in [0.4, 0.5) is 4.39 Å². The monoisotopic (exact) mass is 333 g/mol. The van der Waals surface area contributed by atoms with Gasteiger partial charge in [-0.15, -0.1) is 0 Å². The lowest BCUT2D eigenvalue weighted by atomic mass is 10.00. The van der Waals surface area contributed by atoms with Gasteiger partial charge in [-0.1, -0.05) is 22.0 Å². The molecular formula is C16H13BrFNO. The summed E-state index contributed by atoms with van der Waals surface area (Å²) in [6.07, 6.45) is 0. The third-order valence-corrected chi connectivity index (χ3v) is 3.86. The molecular weight excluding hydrogens is 321 g/mol. The van der Waals surface area contributed by atoms with Crippen molar-refractivity contribution in [2.45, 2.75) is 13.0 Å². The molecule has 0 bridgehead atoms. The highest BCUT2D eigenvalue weighted by Crippen LogP contribution is 2.29. The van der Waals surface area contributed by atoms with Gasteiger partial charge in [0.05, 0.1) is 6.04 Å². The van der Waals surface area contributed by atoms with Crippen molar-refractivity contribution < 1.29 is 8.81 Å². The van der Waals surface area contributed by atoms with Crippen LogP contribution in [0, 0.1) is 12.7 Å². The summed E-state index contributed by atoms with van der Waals surface area (Å²) in [4.78, 5) is 0. The number of hydrogen-bond acceptors (Lipinski definition) is 2. The molecule has 1 aromatic heterocycles. The zero-order valence-corrected chi connectivity index (χ0v) is 12.4. The highest BCUT2D eigenvalue weighted by atomic mass is 79.9. The second-order valence-corrected chi connectivity index (χ2v) is 5.73. The summed E-state index contributed by atoms with van der Waals surface area (Å²) >= 11 is 3.43. The van der Waals surface area contributed by atoms with Crippen molar-refractivity contribution in [2.75, 3.05) is 0 Å². The van der Waals surface area contributed by atoms with Gasteiger partial charge >= 0.3 is 0 Å². The summed E-state index contributed by atoms with van der Waals surface area (Å²) in [5, 5.41) is 0.727. The van der Waals surface area contributed by atoms with E-state index >= 15 is 0 Å². The average Bonchev–Trinajstić information content (AvgIpc) is 2.81. The molecule has 0 aliphatic heterocycles. The van der Waals surface area contributed by atoms with E-state index in [1.807, 2.05) is 25.1 Å². The Morgan fingerprint density at radius 2 is 1.95 bits per heavy atom. The summed E-state index contributed by atoms with van der Waals surface area (Å²) < 4.78 is 19.9. The molecule has 0 fully saturated rings. The number of nitrogens with two attached hydrogens (primary N) is 1. The van der Waals surface area contributed by atoms with Crippen molar-refractivity contribution in [3.8, 4) is 0 Å². The molecule has 2 N–H and O–H groups in total. The summed E-state index contributed by atoms with van der Waals surface area (Å²) in [5.41, 5.74) is 8.99. The number of fused-ring (bicyclic) bond motifs is 1. The van der Waals surface area contributed by atoms with Crippen molar-refractivity contribution in [3.05, 3.63) is 69.6 Å². The van der Waals surface area contributed by atoms with Crippen molar-refractivity contribution in [1.82, 2.24) is 0 Å². The fourth-order valence-corrected chi connectivity index (χ4v) is 2.80. The number of aryl methyl sites for hydroxylation is 1. The Bertz CT molecular complexity index is 781. The van der Waals surface area contributed by atoms with Crippen molar-refractivity contribution in [1.29, 1.82) is 0 Å². The molecule has 4 heteroatoms. The summed E-state index contributed by atoms with van der Waals surface area (Å²) in [5.74, 6) is 0.356. The topological polar surface area (TPSA) is 39.2 Å². The molecule has 0 aliphatic rings. The molecule has 3 rings (SSSR count). The van der Waals surface area contributed by atoms with Crippen LogP contribution in [0.15, 0.2) is 51.4 Å². The minimum absolute atomic E-state index is 0.279. The lowest BCUT2D eigenvalue weighted by Crippen LogP contribution is -2.12. The Morgan fingerprint density at radius 3 is 2.70 bits per heavy atom. The van der Waals surface area contributed by atoms with Crippen LogP contribution in [0.5, 0.6) is 0 Å². The highest BCUT2D eigenvalue weighted by molar-refractivity contribution is 9.10. The lowest BCUT2D eigenvalue weighted by Gasteiger charge is -2.12. The van der Waals surface area contributed by atoms with Crippen LogP contribution in [0.3, 0.4) is 0 Å². The zero-order chi connectivity index (χ0) is 14.3. The Labute approximate surface area is 124 Å². The third kappa shape index (κ3) is 2.37. The summed E-state index contributed by atoms with van der Waals surface area (Å²) in [6.45, 7) is 2.00. The van der Waals surface area contributed by atoms with Gasteiger partial charge in [0, 0.05) is 9.86 Å². The Hall–Kier alpha value is -1.65. The predicted molar refractivity (Wildman–Crippen MR) is 81.1 cm³/mol. The molecule has 0 saturated heterocycles. The molecule has 20 heavy (non-hydrogen) atoms. The van der Waals surface area contributed by atoms with Crippen LogP contribution < -0.4 is 5.73 Å². The van der Waals surface area contributed by atoms with E-state index < -0.39 is 0 Å². The highest BCUT2D eigenvalue weighted by Gasteiger charge is 2.16. The second-order valence-electron chi connectivity index (χ2n) is 4.81. The first-order chi connectivity index (χ1) is 9.54. The molecule has 3 aromatic rings. The fraction of sp³-hybridized carbons (Fsp3) is 0.125. The molecule has 0 aliphatic carbocycles. The molecule has 0 spiro atoms. The van der Waals surface area contributed by atoms with Gasteiger partial charge in [0.1, 0.15) is 17.2 Å². The van der Waals surface area contributed by atoms with Crippen molar-refractivity contribution >= 4 is 26.9 Å². The van der Waals surface area contributed by atoms with E-state index in [1.165, 1.54) is 12.1 Å². The van der Waals surface area contributed by atoms with Gasteiger partial charge in [-0.05, 0) is 54.4 Å². The fourth-order valence-electron chi connectivity index (χ4n) is 2.33. The molecule has 0 saturated carbocycles. The van der Waals surface area contributed by atoms with Crippen LogP contribution in [-0.2, 0) is 0 Å². The van der Waals surface area contributed by atoms with Gasteiger partial charge in [-0.3, -0.25) is 0 Å². The maximum Gasteiger partial charge on any atom is 0.134 e. The van der Waals surface area contributed by atoms with Gasteiger partial charge in [0.15, 0.2) is 0 Å². The lowest BCUT2D eigenvalue weighted by molar-refractivity contribution is 0.523. The third-order valence-electron chi connectivity index (χ3n) is 3.37. The quantitative estimate of drug-likeness (QED) is 0.738. The molecule has 1 unspecified atom stereocenters. The molecule has 2 nitrogen and oxygen atoms in total. The smallest absolute Gasteiger partial charge is 0.134 e. The van der Waals surface area contributed by atoms with E-state index in [4.69, 9.17) is 10.2 Å². The van der Waals surface area contributed by atoms with Crippen LogP contribution >= 0.6 is 15.9 Å². The number of halogens is 2. The second kappa shape index (κ2) is 5.04. The van der Waals surface area contributed by atoms with Gasteiger partial charge < -0.3 is 10.2 Å². The van der Waals surface area contributed by atoms with Crippen LogP contribution in [-0.4, -0.2) is 0 Å². The van der Waals surface area contributed by atoms with Gasteiger partial charge in [0.2, 0.25) is 0 Å². The van der Waals surface area contributed by atoms with Crippen LogP contribution in [0.25, 0.3) is 11.0 Å². The maximum absolute atomic E-state index is 13.2. The molecule has 0 radical (unpaired) electrons. The maximum atomic E-state index is 13.2. The molecule has 2 aromatic carbocycles. The largest absolute Gasteiger partial charge is 0.459 e. The van der Waals surface area contributed by atoms with Gasteiger partial charge in [0.25, 0.3) is 0 Å². The van der Waals surface area contributed by atoms with E-state index in [2.05, 4.69) is 15.9 Å². The zero-order valence-electron chi connectivity index (χ0n) is 10.9. The molecule has 102 valence electrons. The summed E-state index contributed by atoms with van der Waals surface area (Å²) in [6, 6.07) is 11.8. The first-order valence-electron chi connectivity index (χ1n) is 6.25. The first-order valence-corrected chi connectivity index (χ1v) is 7.04. The van der Waals surface area contributed by atoms with E-state index in [-0.39, 0.29) is 11.9 Å². The molecule has 0 amide bonds. The number of furan rings is 1. The number of rotatable bonds is 2. The predicted octanol–water partition coefficient (Wildman–Crippen LogP) is 4.69. The SMILES string of the molecule is Cc1cc(Br)ccc1C(N)c1cc2cc(F)ccc2o1. The van der Waals surface area contributed by atoms with E-state index in [0.717, 1.165) is 21.0 Å². The summed E-state index contributed by atoms with van der Waals surface area (Å²) in [7, 11) is 0. The van der Waals surface area contributed by atoms with Crippen LogP contribution in [0.1, 0.15) is 22.9 Å². The first kappa shape index (κ1) is 13.3. The Morgan fingerprint density at radius 1 is 1.15 bits per heavy atom. The molecule has 1 heterocycles. The number of hydrogen-bond donors (Lipinski definition) is 1. The standard InChI is InChI=1S/C16H13BrFNO/c1-9-6-11(17)2-4-13(9)16(19)15-8-10-7-12(18)3-5-14(10)20-15/h2-8,16H,19H2,1H3. The Kier molecular flexibility index (Phi) is 3.36. The van der Waals surface area contributed by atoms with Crippen molar-refractivity contribution in [3.63, 3.8) is 0 Å². The molecule has 1 atom stereocenters. The van der Waals surface area contributed by atoms with E-state index in [1.54, 1.807) is 12.1 Å². The number of benzene rings is 2. The van der Waals surface area contributed by atoms with Crippen LogP contribution in [0.2, 0.25) is 0 Å². The Balaban J connectivity index is 2.05. The minimum atomic E-state index is -0.362. The van der Waals surface area contributed by atoms with Crippen molar-refractivity contribution in [2.24, 2.45) is 5.73 Å². The minimum Gasteiger partial charge on any atom is -0.459 e. The average molecular weight is 334 g/mol. The van der Waals surface area contributed by atoms with E-state index in [9.17, 15) is 4.39 Å².